The Balaban J connectivity index is 2.16. The number of hydrogen-bond donors (Lipinski definition) is 2. The average Bonchev–Trinajstić information content (AvgIpc) is 2.18. The van der Waals surface area contributed by atoms with Gasteiger partial charge in [0, 0.05) is 0 Å². The number of carbonyl (C=O) groups is 1. The number of hydrogen-bond acceptors (Lipinski definition) is 3. The molecular weight excluding hydrogens is 192 g/mol. The van der Waals surface area contributed by atoms with Crippen LogP contribution >= 0.6 is 0 Å². The summed E-state index contributed by atoms with van der Waals surface area (Å²) in [7, 11) is 0. The maximum absolute atomic E-state index is 11.4. The van der Waals surface area contributed by atoms with Crippen LogP contribution < -0.4 is 11.1 Å². The summed E-state index contributed by atoms with van der Waals surface area (Å²) in [4.78, 5) is 11.4. The molecule has 1 amide bonds. The van der Waals surface area contributed by atoms with E-state index in [0.29, 0.717) is 12.5 Å². The second-order valence-electron chi connectivity index (χ2n) is 3.90. The molecular formula is C11H18N2O2. The topological polar surface area (TPSA) is 64.3 Å². The van der Waals surface area contributed by atoms with E-state index in [1.165, 1.54) is 0 Å². The first-order valence-corrected chi connectivity index (χ1v) is 5.24. The van der Waals surface area contributed by atoms with Crippen molar-refractivity contribution in [2.24, 2.45) is 11.7 Å². The maximum atomic E-state index is 11.4. The SMILES string of the molecule is C#CCNC(=O)C(C)OC1CC(CN)C1. The van der Waals surface area contributed by atoms with E-state index in [9.17, 15) is 4.79 Å². The number of rotatable bonds is 5. The predicted octanol–water partition coefficient (Wildman–Crippen LogP) is -0.122. The smallest absolute Gasteiger partial charge is 0.249 e. The molecule has 1 aliphatic carbocycles. The lowest BCUT2D eigenvalue weighted by Crippen LogP contribution is -2.42. The summed E-state index contributed by atoms with van der Waals surface area (Å²) in [5.74, 6) is 2.76. The highest BCUT2D eigenvalue weighted by Gasteiger charge is 2.31. The molecule has 4 heteroatoms. The van der Waals surface area contributed by atoms with E-state index in [-0.39, 0.29) is 18.6 Å². The molecule has 0 spiro atoms. The van der Waals surface area contributed by atoms with Gasteiger partial charge in [-0.1, -0.05) is 5.92 Å². The van der Waals surface area contributed by atoms with Gasteiger partial charge in [-0.15, -0.1) is 6.42 Å². The van der Waals surface area contributed by atoms with Crippen molar-refractivity contribution < 1.29 is 9.53 Å². The van der Waals surface area contributed by atoms with Crippen LogP contribution in [0.4, 0.5) is 0 Å². The zero-order chi connectivity index (χ0) is 11.3. The zero-order valence-electron chi connectivity index (χ0n) is 9.03. The fourth-order valence-corrected chi connectivity index (χ4v) is 1.61. The third-order valence-electron chi connectivity index (χ3n) is 2.66. The van der Waals surface area contributed by atoms with Gasteiger partial charge in [-0.05, 0) is 32.2 Å². The second kappa shape index (κ2) is 5.74. The Kier molecular flexibility index (Phi) is 4.60. The van der Waals surface area contributed by atoms with E-state index in [2.05, 4.69) is 11.2 Å². The normalized spacial score (nSPS) is 26.2. The minimum atomic E-state index is -0.429. The number of amides is 1. The van der Waals surface area contributed by atoms with Gasteiger partial charge in [0.15, 0.2) is 0 Å². The number of nitrogens with one attached hydrogen (secondary N) is 1. The maximum Gasteiger partial charge on any atom is 0.249 e. The third kappa shape index (κ3) is 3.54. The molecule has 1 saturated carbocycles. The Hall–Kier alpha value is -1.05. The number of ether oxygens (including phenoxy) is 1. The molecule has 1 rings (SSSR count). The van der Waals surface area contributed by atoms with Gasteiger partial charge in [0.05, 0.1) is 12.6 Å². The van der Waals surface area contributed by atoms with E-state index in [1.54, 1.807) is 6.92 Å². The summed E-state index contributed by atoms with van der Waals surface area (Å²) in [6.07, 6.45) is 6.71. The van der Waals surface area contributed by atoms with Gasteiger partial charge in [-0.25, -0.2) is 0 Å². The van der Waals surface area contributed by atoms with Crippen LogP contribution in [-0.2, 0) is 9.53 Å². The van der Waals surface area contributed by atoms with Crippen molar-refractivity contribution in [3.63, 3.8) is 0 Å². The molecule has 1 fully saturated rings. The van der Waals surface area contributed by atoms with Crippen LogP contribution in [0.25, 0.3) is 0 Å². The van der Waals surface area contributed by atoms with Gasteiger partial charge >= 0.3 is 0 Å². The van der Waals surface area contributed by atoms with Gasteiger partial charge in [0.1, 0.15) is 6.10 Å². The summed E-state index contributed by atoms with van der Waals surface area (Å²) in [5, 5.41) is 2.59. The zero-order valence-corrected chi connectivity index (χ0v) is 9.03. The molecule has 84 valence electrons. The van der Waals surface area contributed by atoms with E-state index in [4.69, 9.17) is 16.9 Å². The lowest BCUT2D eigenvalue weighted by molar-refractivity contribution is -0.140. The number of terminal acetylenes is 1. The minimum Gasteiger partial charge on any atom is -0.365 e. The molecule has 15 heavy (non-hydrogen) atoms. The van der Waals surface area contributed by atoms with Crippen molar-refractivity contribution in [3.8, 4) is 12.3 Å². The molecule has 0 saturated heterocycles. The van der Waals surface area contributed by atoms with E-state index >= 15 is 0 Å². The second-order valence-corrected chi connectivity index (χ2v) is 3.90. The highest BCUT2D eigenvalue weighted by molar-refractivity contribution is 5.80. The van der Waals surface area contributed by atoms with Gasteiger partial charge < -0.3 is 15.8 Å². The first-order chi connectivity index (χ1) is 7.17. The summed E-state index contributed by atoms with van der Waals surface area (Å²) < 4.78 is 5.54. The van der Waals surface area contributed by atoms with E-state index < -0.39 is 6.10 Å². The largest absolute Gasteiger partial charge is 0.365 e. The Morgan fingerprint density at radius 2 is 2.40 bits per heavy atom. The number of carbonyl (C=O) groups excluding carboxylic acids is 1. The van der Waals surface area contributed by atoms with Crippen LogP contribution in [0.2, 0.25) is 0 Å². The van der Waals surface area contributed by atoms with Crippen LogP contribution in [0.5, 0.6) is 0 Å². The van der Waals surface area contributed by atoms with E-state index in [0.717, 1.165) is 12.8 Å². The lowest BCUT2D eigenvalue weighted by Gasteiger charge is -2.35. The van der Waals surface area contributed by atoms with Crippen LogP contribution in [0.15, 0.2) is 0 Å². The Bertz CT molecular complexity index is 254. The highest BCUT2D eigenvalue weighted by Crippen LogP contribution is 2.29. The molecule has 1 aliphatic rings. The van der Waals surface area contributed by atoms with Gasteiger partial charge in [-0.2, -0.15) is 0 Å². The molecule has 0 heterocycles. The van der Waals surface area contributed by atoms with Crippen molar-refractivity contribution in [1.82, 2.24) is 5.32 Å². The molecule has 0 aliphatic heterocycles. The molecule has 0 aromatic carbocycles. The molecule has 3 N–H and O–H groups in total. The lowest BCUT2D eigenvalue weighted by atomic mass is 9.82. The number of nitrogens with two attached hydrogens (primary N) is 1. The van der Waals surface area contributed by atoms with Crippen LogP contribution in [0.3, 0.4) is 0 Å². The monoisotopic (exact) mass is 210 g/mol. The fraction of sp³-hybridized carbons (Fsp3) is 0.727. The first-order valence-electron chi connectivity index (χ1n) is 5.24. The third-order valence-corrected chi connectivity index (χ3v) is 2.66. The van der Waals surface area contributed by atoms with Gasteiger partial charge in [0.2, 0.25) is 5.91 Å². The molecule has 0 bridgehead atoms. The van der Waals surface area contributed by atoms with Crippen molar-refractivity contribution in [3.05, 3.63) is 0 Å². The summed E-state index contributed by atoms with van der Waals surface area (Å²) in [5.41, 5.74) is 5.50. The molecule has 1 unspecified atom stereocenters. The molecule has 0 aromatic rings. The molecule has 0 radical (unpaired) electrons. The van der Waals surface area contributed by atoms with Crippen molar-refractivity contribution in [2.45, 2.75) is 32.0 Å². The highest BCUT2D eigenvalue weighted by atomic mass is 16.5. The van der Waals surface area contributed by atoms with Crippen LogP contribution in [0.1, 0.15) is 19.8 Å². The molecule has 0 aromatic heterocycles. The Labute approximate surface area is 90.5 Å². The van der Waals surface area contributed by atoms with Gasteiger partial charge in [0.25, 0.3) is 0 Å². The Morgan fingerprint density at radius 1 is 1.73 bits per heavy atom. The van der Waals surface area contributed by atoms with Crippen molar-refractivity contribution in [1.29, 1.82) is 0 Å². The Morgan fingerprint density at radius 3 is 2.93 bits per heavy atom. The summed E-state index contributed by atoms with van der Waals surface area (Å²) >= 11 is 0. The summed E-state index contributed by atoms with van der Waals surface area (Å²) in [6, 6.07) is 0. The first kappa shape index (κ1) is 12.0. The van der Waals surface area contributed by atoms with E-state index in [1.807, 2.05) is 0 Å². The quantitative estimate of drug-likeness (QED) is 0.622. The van der Waals surface area contributed by atoms with Crippen LogP contribution in [0, 0.1) is 18.3 Å². The minimum absolute atomic E-state index is 0.149. The van der Waals surface area contributed by atoms with Crippen molar-refractivity contribution >= 4 is 5.91 Å². The predicted molar refractivity (Wildman–Crippen MR) is 58.0 cm³/mol. The van der Waals surface area contributed by atoms with Crippen LogP contribution in [-0.4, -0.2) is 31.2 Å². The average molecular weight is 210 g/mol. The molecule has 4 nitrogen and oxygen atoms in total. The fourth-order valence-electron chi connectivity index (χ4n) is 1.61. The van der Waals surface area contributed by atoms with Gasteiger partial charge in [-0.3, -0.25) is 4.79 Å². The molecule has 1 atom stereocenters. The van der Waals surface area contributed by atoms with Crippen molar-refractivity contribution in [2.75, 3.05) is 13.1 Å². The standard InChI is InChI=1S/C11H18N2O2/c1-3-4-13-11(14)8(2)15-10-5-9(6-10)7-12/h1,8-10H,4-7,12H2,2H3,(H,13,14). The summed E-state index contributed by atoms with van der Waals surface area (Å²) in [6.45, 7) is 2.70.